The molecule has 1 heterocycles. The van der Waals surface area contributed by atoms with Crippen molar-refractivity contribution in [3.63, 3.8) is 0 Å². The summed E-state index contributed by atoms with van der Waals surface area (Å²) in [6, 6.07) is 1.62. The highest BCUT2D eigenvalue weighted by Gasteiger charge is 2.66. The lowest BCUT2D eigenvalue weighted by Gasteiger charge is -2.46. The monoisotopic (exact) mass is 336 g/mol. The molecular formula is C17H18F2N2O3. The van der Waals surface area contributed by atoms with E-state index in [1.807, 2.05) is 0 Å². The molecule has 3 aliphatic rings. The summed E-state index contributed by atoms with van der Waals surface area (Å²) in [5, 5.41) is 5.03. The van der Waals surface area contributed by atoms with Crippen molar-refractivity contribution < 1.29 is 23.1 Å². The number of fused-ring (bicyclic) bond motifs is 3. The summed E-state index contributed by atoms with van der Waals surface area (Å²) in [5.41, 5.74) is -0.948. The smallest absolute Gasteiger partial charge is 0.322 e. The van der Waals surface area contributed by atoms with Crippen LogP contribution in [0.1, 0.15) is 36.8 Å². The molecule has 24 heavy (non-hydrogen) atoms. The second kappa shape index (κ2) is 4.99. The van der Waals surface area contributed by atoms with Gasteiger partial charge in [-0.1, -0.05) is 0 Å². The first kappa shape index (κ1) is 15.5. The second-order valence-electron chi connectivity index (χ2n) is 6.97. The first-order chi connectivity index (χ1) is 11.4. The Bertz CT molecular complexity index is 744. The van der Waals surface area contributed by atoms with Crippen LogP contribution in [0.5, 0.6) is 0 Å². The van der Waals surface area contributed by atoms with Gasteiger partial charge in [-0.3, -0.25) is 10.1 Å². The molecular weight excluding hydrogens is 318 g/mol. The molecule has 1 aromatic carbocycles. The Kier molecular flexibility index (Phi) is 3.22. The van der Waals surface area contributed by atoms with Crippen molar-refractivity contribution in [3.8, 4) is 0 Å². The number of nitrogens with one attached hydrogen (secondary N) is 2. The van der Waals surface area contributed by atoms with Crippen LogP contribution in [0.15, 0.2) is 12.1 Å². The lowest BCUT2D eigenvalue weighted by Crippen LogP contribution is -2.56. The van der Waals surface area contributed by atoms with Gasteiger partial charge in [0.2, 0.25) is 0 Å². The molecule has 128 valence electrons. The molecule has 4 rings (SSSR count). The van der Waals surface area contributed by atoms with Crippen molar-refractivity contribution in [1.29, 1.82) is 0 Å². The zero-order valence-electron chi connectivity index (χ0n) is 13.2. The van der Waals surface area contributed by atoms with Crippen molar-refractivity contribution in [3.05, 3.63) is 34.9 Å². The van der Waals surface area contributed by atoms with E-state index in [4.69, 9.17) is 4.74 Å². The van der Waals surface area contributed by atoms with Crippen LogP contribution < -0.4 is 10.6 Å². The third-order valence-corrected chi connectivity index (χ3v) is 5.97. The third kappa shape index (κ3) is 1.81. The average Bonchev–Trinajstić information content (AvgIpc) is 2.98. The third-order valence-electron chi connectivity index (χ3n) is 5.97. The Morgan fingerprint density at radius 1 is 1.17 bits per heavy atom. The number of rotatable bonds is 1. The maximum Gasteiger partial charge on any atom is 0.322 e. The van der Waals surface area contributed by atoms with E-state index in [1.165, 1.54) is 0 Å². The molecule has 1 saturated heterocycles. The van der Waals surface area contributed by atoms with Gasteiger partial charge >= 0.3 is 6.03 Å². The summed E-state index contributed by atoms with van der Waals surface area (Å²) >= 11 is 0. The molecule has 2 aliphatic carbocycles. The number of urea groups is 1. The number of ether oxygens (including phenoxy) is 1. The van der Waals surface area contributed by atoms with Gasteiger partial charge in [0.25, 0.3) is 5.91 Å². The summed E-state index contributed by atoms with van der Waals surface area (Å²) in [6.07, 6.45) is 3.28. The number of hydrogen-bond acceptors (Lipinski definition) is 3. The Morgan fingerprint density at radius 2 is 1.83 bits per heavy atom. The Morgan fingerprint density at radius 3 is 2.42 bits per heavy atom. The molecule has 2 fully saturated rings. The Hall–Kier alpha value is -2.02. The summed E-state index contributed by atoms with van der Waals surface area (Å²) in [5.74, 6) is -2.42. The van der Waals surface area contributed by atoms with E-state index in [2.05, 4.69) is 10.6 Å². The van der Waals surface area contributed by atoms with E-state index in [0.717, 1.165) is 25.0 Å². The van der Waals surface area contributed by atoms with E-state index in [-0.39, 0.29) is 6.10 Å². The first-order valence-corrected chi connectivity index (χ1v) is 8.07. The lowest BCUT2D eigenvalue weighted by molar-refractivity contribution is -0.131. The summed E-state index contributed by atoms with van der Waals surface area (Å²) in [4.78, 5) is 24.6. The van der Waals surface area contributed by atoms with Crippen molar-refractivity contribution in [1.82, 2.24) is 10.6 Å². The molecule has 2 N–H and O–H groups in total. The van der Waals surface area contributed by atoms with Gasteiger partial charge in [0.15, 0.2) is 17.2 Å². The molecule has 2 spiro atoms. The highest BCUT2D eigenvalue weighted by atomic mass is 19.2. The van der Waals surface area contributed by atoms with Crippen LogP contribution in [0.3, 0.4) is 0 Å². The largest absolute Gasteiger partial charge is 0.381 e. The molecule has 1 aliphatic heterocycles. The second-order valence-corrected chi connectivity index (χ2v) is 6.97. The van der Waals surface area contributed by atoms with Gasteiger partial charge in [-0.2, -0.15) is 0 Å². The predicted molar refractivity (Wildman–Crippen MR) is 80.1 cm³/mol. The maximum atomic E-state index is 13.9. The first-order valence-electron chi connectivity index (χ1n) is 8.07. The van der Waals surface area contributed by atoms with Crippen LogP contribution in [0.2, 0.25) is 0 Å². The molecule has 1 unspecified atom stereocenters. The topological polar surface area (TPSA) is 67.4 Å². The van der Waals surface area contributed by atoms with Crippen molar-refractivity contribution >= 4 is 11.9 Å². The molecule has 1 aromatic rings. The lowest BCUT2D eigenvalue weighted by atomic mass is 9.61. The number of halogens is 2. The normalized spacial score (nSPS) is 34.5. The fraction of sp³-hybridized carbons (Fsp3) is 0.529. The van der Waals surface area contributed by atoms with Crippen LogP contribution in [0.25, 0.3) is 0 Å². The fourth-order valence-electron chi connectivity index (χ4n) is 4.82. The van der Waals surface area contributed by atoms with Crippen LogP contribution in [0, 0.1) is 17.0 Å². The van der Waals surface area contributed by atoms with Crippen LogP contribution in [-0.4, -0.2) is 25.2 Å². The van der Waals surface area contributed by atoms with E-state index in [9.17, 15) is 18.4 Å². The minimum absolute atomic E-state index is 0.102. The number of hydrogen-bond donors (Lipinski definition) is 2. The summed E-state index contributed by atoms with van der Waals surface area (Å²) in [6.45, 7) is 0. The number of carbonyl (C=O) groups excluding carboxylic acids is 2. The fourth-order valence-corrected chi connectivity index (χ4v) is 4.82. The van der Waals surface area contributed by atoms with Gasteiger partial charge in [-0.05, 0) is 55.4 Å². The molecule has 0 radical (unpaired) electrons. The quantitative estimate of drug-likeness (QED) is 0.772. The number of amides is 3. The van der Waals surface area contributed by atoms with Gasteiger partial charge in [-0.15, -0.1) is 0 Å². The van der Waals surface area contributed by atoms with Crippen LogP contribution in [0.4, 0.5) is 13.6 Å². The van der Waals surface area contributed by atoms with Crippen LogP contribution >= 0.6 is 0 Å². The number of benzene rings is 1. The van der Waals surface area contributed by atoms with Gasteiger partial charge in [0, 0.05) is 12.5 Å². The SMILES string of the molecule is COC1CCC2(CC1)Cc1cc(F)c(F)cc1C21NC(=O)NC1=O. The van der Waals surface area contributed by atoms with Crippen LogP contribution in [-0.2, 0) is 21.5 Å². The average molecular weight is 336 g/mol. The van der Waals surface area contributed by atoms with E-state index in [0.29, 0.717) is 30.4 Å². The van der Waals surface area contributed by atoms with Crippen molar-refractivity contribution in [2.75, 3.05) is 7.11 Å². The molecule has 0 aromatic heterocycles. The zero-order chi connectivity index (χ0) is 17.1. The maximum absolute atomic E-state index is 13.9. The van der Waals surface area contributed by atoms with Gasteiger partial charge in [-0.25, -0.2) is 13.6 Å². The predicted octanol–water partition coefficient (Wildman–Crippen LogP) is 2.13. The zero-order valence-corrected chi connectivity index (χ0v) is 13.2. The molecule has 1 saturated carbocycles. The molecule has 7 heteroatoms. The highest BCUT2D eigenvalue weighted by Crippen LogP contribution is 2.59. The van der Waals surface area contributed by atoms with E-state index >= 15 is 0 Å². The van der Waals surface area contributed by atoms with Gasteiger partial charge in [0.1, 0.15) is 0 Å². The summed E-state index contributed by atoms with van der Waals surface area (Å²) < 4.78 is 33.0. The number of imide groups is 1. The standard InChI is InChI=1S/C17H18F2N2O3/c1-24-10-2-4-16(5-3-10)8-9-6-12(18)13(19)7-11(9)17(16)14(22)20-15(23)21-17/h6-7,10H,2-5,8H2,1H3,(H2,20,21,22,23). The van der Waals surface area contributed by atoms with E-state index < -0.39 is 34.5 Å². The number of methoxy groups -OCH3 is 1. The Labute approximate surface area is 137 Å². The Balaban J connectivity index is 1.87. The van der Waals surface area contributed by atoms with Gasteiger partial charge < -0.3 is 10.1 Å². The summed E-state index contributed by atoms with van der Waals surface area (Å²) in [7, 11) is 1.65. The molecule has 3 amide bonds. The van der Waals surface area contributed by atoms with Crippen molar-refractivity contribution in [2.24, 2.45) is 5.41 Å². The minimum Gasteiger partial charge on any atom is -0.381 e. The van der Waals surface area contributed by atoms with E-state index in [1.54, 1.807) is 7.11 Å². The molecule has 0 bridgehead atoms. The van der Waals surface area contributed by atoms with Crippen molar-refractivity contribution in [2.45, 2.75) is 43.7 Å². The van der Waals surface area contributed by atoms with Gasteiger partial charge in [0.05, 0.1) is 6.10 Å². The molecule has 1 atom stereocenters. The molecule has 5 nitrogen and oxygen atoms in total. The number of carbonyl (C=O) groups is 2. The minimum atomic E-state index is -1.33. The highest BCUT2D eigenvalue weighted by molar-refractivity contribution is 6.08.